The summed E-state index contributed by atoms with van der Waals surface area (Å²) >= 11 is 0. The Bertz CT molecular complexity index is 966. The fraction of sp³-hybridized carbons (Fsp3) is 0.167. The minimum atomic E-state index is -0.526. The first-order valence-corrected chi connectivity index (χ1v) is 7.82. The van der Waals surface area contributed by atoms with Gasteiger partial charge in [0.2, 0.25) is 0 Å². The third-order valence-corrected chi connectivity index (χ3v) is 3.67. The predicted molar refractivity (Wildman–Crippen MR) is 92.8 cm³/mol. The number of aromatic nitrogens is 1. The monoisotopic (exact) mass is 339 g/mol. The first-order valence-electron chi connectivity index (χ1n) is 7.82. The Morgan fingerprint density at radius 3 is 2.72 bits per heavy atom. The molecule has 0 aliphatic rings. The number of hydrogen-bond acceptors (Lipinski definition) is 5. The fourth-order valence-corrected chi connectivity index (χ4v) is 2.41. The van der Waals surface area contributed by atoms with Crippen molar-refractivity contribution in [1.82, 2.24) is 4.73 Å². The molecule has 1 N–H and O–H groups in total. The number of benzene rings is 2. The van der Waals surface area contributed by atoms with Gasteiger partial charge >= 0.3 is 0 Å². The molecule has 0 bridgehead atoms. The summed E-state index contributed by atoms with van der Waals surface area (Å²) in [6.07, 6.45) is 1.82. The Balaban J connectivity index is 1.57. The second-order valence-electron chi connectivity index (χ2n) is 5.44. The van der Waals surface area contributed by atoms with E-state index in [9.17, 15) is 15.3 Å². The van der Waals surface area contributed by atoms with Crippen LogP contribution in [0, 0.1) is 10.1 Å². The lowest BCUT2D eigenvalue weighted by Crippen LogP contribution is -2.19. The van der Waals surface area contributed by atoms with Crippen LogP contribution in [-0.4, -0.2) is 28.0 Å². The number of nitrogens with zero attached hydrogens (tertiary/aromatic N) is 3. The first kappa shape index (κ1) is 16.5. The smallest absolute Gasteiger partial charge is 0.274 e. The molecule has 0 atom stereocenters. The molecule has 7 nitrogen and oxygen atoms in total. The van der Waals surface area contributed by atoms with Gasteiger partial charge in [-0.2, -0.15) is 4.73 Å². The summed E-state index contributed by atoms with van der Waals surface area (Å²) in [7, 11) is 0. The normalized spacial score (nSPS) is 11.6. The van der Waals surface area contributed by atoms with Gasteiger partial charge in [-0.3, -0.25) is 15.1 Å². The first-order chi connectivity index (χ1) is 12.1. The Morgan fingerprint density at radius 1 is 1.12 bits per heavy atom. The van der Waals surface area contributed by atoms with E-state index in [2.05, 4.69) is 4.99 Å². The summed E-state index contributed by atoms with van der Waals surface area (Å²) in [6, 6.07) is 16.4. The number of pyridine rings is 1. The van der Waals surface area contributed by atoms with Gasteiger partial charge in [0, 0.05) is 19.0 Å². The maximum absolute atomic E-state index is 10.7. The van der Waals surface area contributed by atoms with Crippen molar-refractivity contribution in [2.24, 2.45) is 4.99 Å². The zero-order valence-electron chi connectivity index (χ0n) is 13.4. The van der Waals surface area contributed by atoms with E-state index in [1.807, 2.05) is 42.5 Å². The van der Waals surface area contributed by atoms with E-state index < -0.39 is 4.92 Å². The highest BCUT2D eigenvalue weighted by atomic mass is 16.6. The molecule has 128 valence electrons. The minimum Gasteiger partial charge on any atom is -0.494 e. The second kappa shape index (κ2) is 7.48. The number of fused-ring (bicyclic) bond motifs is 1. The highest BCUT2D eigenvalue weighted by Crippen LogP contribution is 2.20. The van der Waals surface area contributed by atoms with Crippen LogP contribution in [0.25, 0.3) is 10.8 Å². The quantitative estimate of drug-likeness (QED) is 0.323. The van der Waals surface area contributed by atoms with Crippen LogP contribution in [0.5, 0.6) is 5.75 Å². The standard InChI is InChI=1S/C18H17N3O4/c22-20-10-8-16(21(23)24)13-18(20)19-9-3-11-25-17-7-6-14-4-1-2-5-15(14)12-17/h1-2,4-8,10,12-13,22H,3,9,11H2. The molecule has 0 amide bonds. The van der Waals surface area contributed by atoms with Crippen LogP contribution >= 0.6 is 0 Å². The van der Waals surface area contributed by atoms with E-state index in [1.165, 1.54) is 18.3 Å². The summed E-state index contributed by atoms with van der Waals surface area (Å²) in [5.74, 6) is 0.784. The predicted octanol–water partition coefficient (Wildman–Crippen LogP) is 3.16. The number of ether oxygens (including phenoxy) is 1. The average Bonchev–Trinajstić information content (AvgIpc) is 2.62. The maximum atomic E-state index is 10.7. The zero-order chi connectivity index (χ0) is 17.6. The Labute approximate surface area is 143 Å². The summed E-state index contributed by atoms with van der Waals surface area (Å²) in [6.45, 7) is 0.845. The number of nitro groups is 1. The molecule has 7 heteroatoms. The van der Waals surface area contributed by atoms with Crippen LogP contribution in [0.4, 0.5) is 5.69 Å². The number of rotatable bonds is 6. The van der Waals surface area contributed by atoms with Crippen LogP contribution in [0.3, 0.4) is 0 Å². The molecule has 0 aliphatic heterocycles. The van der Waals surface area contributed by atoms with Crippen LogP contribution in [-0.2, 0) is 0 Å². The topological polar surface area (TPSA) is 89.9 Å². The van der Waals surface area contributed by atoms with E-state index in [4.69, 9.17) is 4.74 Å². The third kappa shape index (κ3) is 4.14. The molecular weight excluding hydrogens is 322 g/mol. The third-order valence-electron chi connectivity index (χ3n) is 3.67. The lowest BCUT2D eigenvalue weighted by Gasteiger charge is -2.06. The van der Waals surface area contributed by atoms with Crippen molar-refractivity contribution in [3.8, 4) is 5.75 Å². The molecule has 0 saturated heterocycles. The zero-order valence-corrected chi connectivity index (χ0v) is 13.4. The molecule has 0 spiro atoms. The van der Waals surface area contributed by atoms with E-state index in [0.29, 0.717) is 19.6 Å². The van der Waals surface area contributed by atoms with E-state index in [0.717, 1.165) is 21.3 Å². The van der Waals surface area contributed by atoms with Crippen LogP contribution < -0.4 is 10.2 Å². The molecule has 0 aliphatic carbocycles. The van der Waals surface area contributed by atoms with Gasteiger partial charge in [0.25, 0.3) is 5.69 Å². The SMILES string of the molecule is O=[N+]([O-])c1ccn(O)c(=NCCCOc2ccc3ccccc3c2)c1. The van der Waals surface area contributed by atoms with Gasteiger partial charge < -0.3 is 9.94 Å². The Morgan fingerprint density at radius 2 is 1.92 bits per heavy atom. The van der Waals surface area contributed by atoms with Crippen molar-refractivity contribution in [3.63, 3.8) is 0 Å². The largest absolute Gasteiger partial charge is 0.494 e. The lowest BCUT2D eigenvalue weighted by atomic mass is 10.1. The van der Waals surface area contributed by atoms with Crippen LogP contribution in [0.2, 0.25) is 0 Å². The second-order valence-corrected chi connectivity index (χ2v) is 5.44. The summed E-state index contributed by atoms with van der Waals surface area (Å²) < 4.78 is 6.47. The summed E-state index contributed by atoms with van der Waals surface area (Å²) in [4.78, 5) is 14.4. The molecule has 2 aromatic carbocycles. The fourth-order valence-electron chi connectivity index (χ4n) is 2.41. The van der Waals surface area contributed by atoms with Gasteiger partial charge in [-0.15, -0.1) is 0 Å². The molecule has 3 rings (SSSR count). The molecule has 0 fully saturated rings. The molecule has 0 radical (unpaired) electrons. The van der Waals surface area contributed by atoms with Crippen molar-refractivity contribution in [3.05, 3.63) is 76.4 Å². The Hall–Kier alpha value is -3.35. The van der Waals surface area contributed by atoms with Crippen molar-refractivity contribution in [2.45, 2.75) is 6.42 Å². The number of hydrogen-bond donors (Lipinski definition) is 1. The van der Waals surface area contributed by atoms with E-state index in [-0.39, 0.29) is 11.2 Å². The van der Waals surface area contributed by atoms with Crippen molar-refractivity contribution in [2.75, 3.05) is 13.2 Å². The summed E-state index contributed by atoms with van der Waals surface area (Å²) in [5.41, 5.74) is 0.0244. The van der Waals surface area contributed by atoms with Gasteiger partial charge in [0.15, 0.2) is 5.49 Å². The van der Waals surface area contributed by atoms with Crippen molar-refractivity contribution < 1.29 is 14.9 Å². The van der Waals surface area contributed by atoms with Gasteiger partial charge in [0.05, 0.1) is 23.8 Å². The average molecular weight is 339 g/mol. The molecule has 3 aromatic rings. The lowest BCUT2D eigenvalue weighted by molar-refractivity contribution is -0.385. The molecular formula is C18H17N3O4. The van der Waals surface area contributed by atoms with Gasteiger partial charge in [-0.05, 0) is 22.9 Å². The highest BCUT2D eigenvalue weighted by Gasteiger charge is 2.05. The highest BCUT2D eigenvalue weighted by molar-refractivity contribution is 5.83. The van der Waals surface area contributed by atoms with Crippen LogP contribution in [0.15, 0.2) is 65.8 Å². The van der Waals surface area contributed by atoms with Gasteiger partial charge in [-0.25, -0.2) is 0 Å². The summed E-state index contributed by atoms with van der Waals surface area (Å²) in [5, 5.41) is 22.6. The molecule has 1 heterocycles. The van der Waals surface area contributed by atoms with Crippen molar-refractivity contribution in [1.29, 1.82) is 0 Å². The van der Waals surface area contributed by atoms with Gasteiger partial charge in [-0.1, -0.05) is 30.3 Å². The molecule has 0 saturated carbocycles. The molecule has 25 heavy (non-hydrogen) atoms. The maximum Gasteiger partial charge on any atom is 0.274 e. The molecule has 0 unspecified atom stereocenters. The van der Waals surface area contributed by atoms with Gasteiger partial charge in [0.1, 0.15) is 5.75 Å². The van der Waals surface area contributed by atoms with Crippen LogP contribution in [0.1, 0.15) is 6.42 Å². The van der Waals surface area contributed by atoms with E-state index in [1.54, 1.807) is 0 Å². The minimum absolute atomic E-state index is 0.114. The molecule has 1 aromatic heterocycles. The van der Waals surface area contributed by atoms with Crippen molar-refractivity contribution >= 4 is 16.5 Å². The van der Waals surface area contributed by atoms with E-state index >= 15 is 0 Å². The Kier molecular flexibility index (Phi) is 4.94.